The third kappa shape index (κ3) is 11.1. The first kappa shape index (κ1) is 42.1. The Morgan fingerprint density at radius 2 is 1.21 bits per heavy atom. The first-order valence-electron chi connectivity index (χ1n) is 20.3. The van der Waals surface area contributed by atoms with Crippen LogP contribution in [0.5, 0.6) is 0 Å². The monoisotopic (exact) mass is 800 g/mol. The van der Waals surface area contributed by atoms with Crippen molar-refractivity contribution in [2.75, 3.05) is 33.5 Å². The Morgan fingerprint density at radius 1 is 0.719 bits per heavy atom. The topological polar surface area (TPSA) is 64.7 Å². The number of amides is 2. The van der Waals surface area contributed by atoms with E-state index in [2.05, 4.69) is 86.6 Å². The molecular weight excluding hydrogens is 745 g/mol. The van der Waals surface area contributed by atoms with Gasteiger partial charge in [0, 0.05) is 56.1 Å². The maximum absolute atomic E-state index is 13.9. The lowest BCUT2D eigenvalue weighted by molar-refractivity contribution is -0.137. The van der Waals surface area contributed by atoms with Crippen LogP contribution in [0.1, 0.15) is 105 Å². The minimum absolute atomic E-state index is 0.00692. The van der Waals surface area contributed by atoms with Crippen molar-refractivity contribution in [1.82, 2.24) is 0 Å². The fourth-order valence-electron chi connectivity index (χ4n) is 8.38. The van der Waals surface area contributed by atoms with Crippen LogP contribution >= 0.6 is 11.6 Å². The molecule has 0 aromatic heterocycles. The molecule has 1 fully saturated rings. The highest BCUT2D eigenvalue weighted by atomic mass is 35.5. The smallest absolute Gasteiger partial charge is 0.367 e. The van der Waals surface area contributed by atoms with Gasteiger partial charge in [0.2, 0.25) is 11.8 Å². The zero-order valence-corrected chi connectivity index (χ0v) is 34.7. The number of nitrogens with zero attached hydrogens (tertiary/aromatic N) is 2. The molecule has 7 rings (SSSR count). The van der Waals surface area contributed by atoms with E-state index in [1.54, 1.807) is 0 Å². The maximum Gasteiger partial charge on any atom is 0.418 e. The zero-order valence-electron chi connectivity index (χ0n) is 33.9. The fraction of sp³-hybridized carbons (Fsp3) is 0.447. The van der Waals surface area contributed by atoms with E-state index in [0.717, 1.165) is 67.2 Å². The predicted octanol–water partition coefficient (Wildman–Crippen LogP) is 12.1. The van der Waals surface area contributed by atoms with Crippen molar-refractivity contribution >= 4 is 46.2 Å². The summed E-state index contributed by atoms with van der Waals surface area (Å²) in [6, 6.07) is 23.7. The van der Waals surface area contributed by atoms with E-state index in [1.807, 2.05) is 29.2 Å². The van der Waals surface area contributed by atoms with Gasteiger partial charge < -0.3 is 20.4 Å². The van der Waals surface area contributed by atoms with Crippen LogP contribution in [0.15, 0.2) is 72.8 Å². The molecule has 4 aromatic carbocycles. The molecule has 2 aliphatic heterocycles. The third-order valence-corrected chi connectivity index (χ3v) is 11.7. The standard InChI is InChI=1S/C24H26ClF3N2O.C23H30N2O/c25-21-14-19(30-12-11-17-7-3-4-8-18(17)15-30)13-20(24(26,27)28)23(21)29-22(31)10-9-16-5-1-2-6-16;1-16-12-20(25-11-10-18-8-6-7-9-19(18)15-25)13-17(2)22(16)24-21(26)14-23(3,4)5/h3-4,7-8,13-14,16H,1-2,5-6,9-12,15H2,(H,29,31);6-9,12-13H,10-11,14-15H2,1-5H3,(H,24,26). The second-order valence-electron chi connectivity index (χ2n) is 17.2. The molecule has 4 aromatic rings. The largest absolute Gasteiger partial charge is 0.418 e. The van der Waals surface area contributed by atoms with E-state index in [1.165, 1.54) is 41.3 Å². The number of halogens is 4. The minimum Gasteiger partial charge on any atom is -0.367 e. The first-order valence-corrected chi connectivity index (χ1v) is 20.7. The van der Waals surface area contributed by atoms with Crippen LogP contribution < -0.4 is 20.4 Å². The van der Waals surface area contributed by atoms with Gasteiger partial charge >= 0.3 is 6.18 Å². The van der Waals surface area contributed by atoms with E-state index in [9.17, 15) is 22.8 Å². The average molecular weight is 801 g/mol. The quantitative estimate of drug-likeness (QED) is 0.186. The molecule has 3 aliphatic rings. The summed E-state index contributed by atoms with van der Waals surface area (Å²) in [6.07, 6.45) is 3.17. The van der Waals surface area contributed by atoms with Crippen LogP contribution in [0, 0.1) is 25.2 Å². The molecule has 2 amide bonds. The SMILES string of the molecule is Cc1cc(N2CCc3ccccc3C2)cc(C)c1NC(=O)CC(C)(C)C.O=C(CCC1CCCC1)Nc1c(Cl)cc(N2CCc3ccccc3C2)cc1C(F)(F)F. The molecule has 304 valence electrons. The molecule has 2 heterocycles. The Balaban J connectivity index is 0.000000196. The number of nitrogens with one attached hydrogen (secondary N) is 2. The van der Waals surface area contributed by atoms with E-state index < -0.39 is 17.6 Å². The Bertz CT molecular complexity index is 2050. The summed E-state index contributed by atoms with van der Waals surface area (Å²) < 4.78 is 41.6. The van der Waals surface area contributed by atoms with Gasteiger partial charge in [-0.1, -0.05) is 107 Å². The van der Waals surface area contributed by atoms with E-state index in [4.69, 9.17) is 11.6 Å². The van der Waals surface area contributed by atoms with Gasteiger partial charge in [0.05, 0.1) is 16.3 Å². The van der Waals surface area contributed by atoms with Crippen molar-refractivity contribution in [3.05, 3.63) is 117 Å². The number of anilines is 4. The number of hydrogen-bond acceptors (Lipinski definition) is 4. The highest BCUT2D eigenvalue weighted by Crippen LogP contribution is 2.43. The lowest BCUT2D eigenvalue weighted by Gasteiger charge is -2.31. The van der Waals surface area contributed by atoms with Crippen molar-refractivity contribution in [3.8, 4) is 0 Å². The molecule has 2 N–H and O–H groups in total. The summed E-state index contributed by atoms with van der Waals surface area (Å²) in [5.74, 6) is 0.162. The molecule has 6 nitrogen and oxygen atoms in total. The van der Waals surface area contributed by atoms with Crippen LogP contribution in [0.2, 0.25) is 5.02 Å². The molecule has 10 heteroatoms. The summed E-state index contributed by atoms with van der Waals surface area (Å²) in [5, 5.41) is 5.48. The van der Waals surface area contributed by atoms with E-state index in [-0.39, 0.29) is 28.5 Å². The van der Waals surface area contributed by atoms with Crippen molar-refractivity contribution in [2.24, 2.45) is 11.3 Å². The number of carbonyl (C=O) groups is 2. The van der Waals surface area contributed by atoms with Crippen molar-refractivity contribution in [1.29, 1.82) is 0 Å². The molecule has 0 saturated heterocycles. The highest BCUT2D eigenvalue weighted by molar-refractivity contribution is 6.34. The predicted molar refractivity (Wildman–Crippen MR) is 227 cm³/mol. The zero-order chi connectivity index (χ0) is 40.9. The van der Waals surface area contributed by atoms with Crippen molar-refractivity contribution < 1.29 is 22.8 Å². The molecule has 1 saturated carbocycles. The van der Waals surface area contributed by atoms with Gasteiger partial charge in [0.25, 0.3) is 0 Å². The number of rotatable bonds is 8. The van der Waals surface area contributed by atoms with Gasteiger partial charge in [-0.05, 0) is 102 Å². The summed E-state index contributed by atoms with van der Waals surface area (Å²) in [6.45, 7) is 13.5. The number of carbonyl (C=O) groups excluding carboxylic acids is 2. The molecule has 0 radical (unpaired) electrons. The van der Waals surface area contributed by atoms with Gasteiger partial charge in [-0.3, -0.25) is 9.59 Å². The Hall–Kier alpha value is -4.50. The number of alkyl halides is 3. The van der Waals surface area contributed by atoms with Crippen LogP contribution in [-0.4, -0.2) is 24.9 Å². The van der Waals surface area contributed by atoms with Crippen LogP contribution in [0.25, 0.3) is 0 Å². The Morgan fingerprint density at radius 3 is 1.72 bits per heavy atom. The number of hydrogen-bond donors (Lipinski definition) is 2. The highest BCUT2D eigenvalue weighted by Gasteiger charge is 2.36. The lowest BCUT2D eigenvalue weighted by Crippen LogP contribution is -2.30. The normalized spacial score (nSPS) is 15.7. The van der Waals surface area contributed by atoms with E-state index in [0.29, 0.717) is 37.5 Å². The van der Waals surface area contributed by atoms with Crippen LogP contribution in [-0.2, 0) is 41.7 Å². The molecule has 0 bridgehead atoms. The lowest BCUT2D eigenvalue weighted by atomic mass is 9.92. The number of aryl methyl sites for hydroxylation is 2. The summed E-state index contributed by atoms with van der Waals surface area (Å²) in [5.41, 5.74) is 8.80. The second-order valence-corrected chi connectivity index (χ2v) is 17.6. The fourth-order valence-corrected chi connectivity index (χ4v) is 8.64. The van der Waals surface area contributed by atoms with Crippen LogP contribution in [0.3, 0.4) is 0 Å². The van der Waals surface area contributed by atoms with Gasteiger partial charge in [0.15, 0.2) is 0 Å². The van der Waals surface area contributed by atoms with E-state index >= 15 is 0 Å². The van der Waals surface area contributed by atoms with Gasteiger partial charge in [-0.25, -0.2) is 0 Å². The van der Waals surface area contributed by atoms with Crippen molar-refractivity contribution in [3.63, 3.8) is 0 Å². The number of fused-ring (bicyclic) bond motifs is 2. The minimum atomic E-state index is -4.62. The molecule has 0 unspecified atom stereocenters. The van der Waals surface area contributed by atoms with Gasteiger partial charge in [0.1, 0.15) is 0 Å². The molecular formula is C47H56ClF3N4O2. The van der Waals surface area contributed by atoms with Crippen LogP contribution in [0.4, 0.5) is 35.9 Å². The molecule has 0 atom stereocenters. The Kier molecular flexibility index (Phi) is 13.3. The Labute approximate surface area is 341 Å². The molecule has 1 aliphatic carbocycles. The van der Waals surface area contributed by atoms with Crippen molar-refractivity contribution in [2.45, 2.75) is 112 Å². The third-order valence-electron chi connectivity index (χ3n) is 11.4. The van der Waals surface area contributed by atoms with Gasteiger partial charge in [-0.2, -0.15) is 13.2 Å². The maximum atomic E-state index is 13.9. The summed E-state index contributed by atoms with van der Waals surface area (Å²) in [4.78, 5) is 29.0. The average Bonchev–Trinajstić information content (AvgIpc) is 3.69. The number of benzene rings is 4. The molecule has 57 heavy (non-hydrogen) atoms. The first-order chi connectivity index (χ1) is 27.0. The van der Waals surface area contributed by atoms with Gasteiger partial charge in [-0.15, -0.1) is 0 Å². The molecule has 0 spiro atoms. The second kappa shape index (κ2) is 18.0. The summed E-state index contributed by atoms with van der Waals surface area (Å²) >= 11 is 6.29. The summed E-state index contributed by atoms with van der Waals surface area (Å²) in [7, 11) is 0.